The van der Waals surface area contributed by atoms with Crippen molar-refractivity contribution < 1.29 is 9.32 Å². The van der Waals surface area contributed by atoms with Crippen molar-refractivity contribution in [2.24, 2.45) is 0 Å². The number of rotatable bonds is 6. The number of nitrogens with two attached hydrogens (primary N) is 1. The van der Waals surface area contributed by atoms with Gasteiger partial charge in [0.05, 0.1) is 0 Å². The first-order chi connectivity index (χ1) is 9.58. The molecular weight excluding hydrogens is 280 g/mol. The maximum absolute atomic E-state index is 12.0. The summed E-state index contributed by atoms with van der Waals surface area (Å²) < 4.78 is 8.89. The molecule has 2 aromatic rings. The summed E-state index contributed by atoms with van der Waals surface area (Å²) in [5.74, 6) is 0.531. The molecule has 20 heavy (non-hydrogen) atoms. The van der Waals surface area contributed by atoms with Crippen molar-refractivity contribution in [1.29, 1.82) is 0 Å². The molecule has 1 amide bonds. The summed E-state index contributed by atoms with van der Waals surface area (Å²) in [5.41, 5.74) is 6.13. The standard InChI is InChI=1S/C11H16N6O2S/c1-6(2)16-10(18)8-9(12)17-20-11(8)13-4-3-7-14-5-15-19-7/h5-6,13H,3-4H2,1-2H3,(H2,12,17)(H,16,18). The van der Waals surface area contributed by atoms with E-state index in [2.05, 4.69) is 25.1 Å². The fourth-order valence-corrected chi connectivity index (χ4v) is 2.30. The molecule has 2 heterocycles. The number of anilines is 2. The van der Waals surface area contributed by atoms with Gasteiger partial charge in [0.25, 0.3) is 5.91 Å². The molecule has 0 spiro atoms. The van der Waals surface area contributed by atoms with Crippen LogP contribution in [-0.4, -0.2) is 33.0 Å². The third kappa shape index (κ3) is 3.44. The summed E-state index contributed by atoms with van der Waals surface area (Å²) in [5, 5.41) is 10.1. The SMILES string of the molecule is CC(C)NC(=O)c1c(N)nsc1NCCc1ncno1. The highest BCUT2D eigenvalue weighted by Gasteiger charge is 2.19. The number of aromatic nitrogens is 3. The van der Waals surface area contributed by atoms with Crippen molar-refractivity contribution in [3.8, 4) is 0 Å². The number of amides is 1. The lowest BCUT2D eigenvalue weighted by atomic mass is 10.2. The van der Waals surface area contributed by atoms with Crippen LogP contribution in [0.4, 0.5) is 10.8 Å². The first-order valence-electron chi connectivity index (χ1n) is 6.13. The Morgan fingerprint density at radius 3 is 3.00 bits per heavy atom. The van der Waals surface area contributed by atoms with Gasteiger partial charge >= 0.3 is 0 Å². The summed E-state index contributed by atoms with van der Waals surface area (Å²) in [6.07, 6.45) is 1.91. The minimum absolute atomic E-state index is 0.0352. The van der Waals surface area contributed by atoms with Gasteiger partial charge in [-0.05, 0) is 25.4 Å². The Labute approximate surface area is 119 Å². The molecule has 0 aliphatic heterocycles. The van der Waals surface area contributed by atoms with Crippen molar-refractivity contribution in [3.63, 3.8) is 0 Å². The number of carbonyl (C=O) groups excluding carboxylic acids is 1. The van der Waals surface area contributed by atoms with Crippen LogP contribution in [0.3, 0.4) is 0 Å². The lowest BCUT2D eigenvalue weighted by Crippen LogP contribution is -2.31. The predicted molar refractivity (Wildman–Crippen MR) is 75.6 cm³/mol. The third-order valence-corrected chi connectivity index (χ3v) is 3.22. The van der Waals surface area contributed by atoms with Crippen LogP contribution in [0.2, 0.25) is 0 Å². The number of carbonyl (C=O) groups is 1. The number of hydrogen-bond donors (Lipinski definition) is 3. The predicted octanol–water partition coefficient (Wildman–Crippen LogP) is 0.901. The molecule has 0 fully saturated rings. The number of hydrogen-bond acceptors (Lipinski definition) is 8. The molecule has 0 bridgehead atoms. The Bertz CT molecular complexity index is 565. The average molecular weight is 296 g/mol. The number of nitrogen functional groups attached to an aromatic ring is 1. The molecule has 2 aromatic heterocycles. The van der Waals surface area contributed by atoms with Gasteiger partial charge in [0.1, 0.15) is 10.6 Å². The molecule has 9 heteroatoms. The first kappa shape index (κ1) is 14.3. The molecule has 0 radical (unpaired) electrons. The summed E-state index contributed by atoms with van der Waals surface area (Å²) in [4.78, 5) is 16.0. The average Bonchev–Trinajstić information content (AvgIpc) is 2.98. The second kappa shape index (κ2) is 6.33. The molecule has 2 rings (SSSR count). The zero-order valence-corrected chi connectivity index (χ0v) is 12.0. The minimum atomic E-state index is -0.230. The van der Waals surface area contributed by atoms with Crippen LogP contribution in [0.1, 0.15) is 30.1 Å². The van der Waals surface area contributed by atoms with E-state index in [1.165, 1.54) is 6.33 Å². The van der Waals surface area contributed by atoms with Gasteiger partial charge in [0.15, 0.2) is 12.1 Å². The van der Waals surface area contributed by atoms with Crippen LogP contribution in [0.5, 0.6) is 0 Å². The van der Waals surface area contributed by atoms with Gasteiger partial charge in [0, 0.05) is 19.0 Å². The number of nitrogens with zero attached hydrogens (tertiary/aromatic N) is 3. The van der Waals surface area contributed by atoms with Gasteiger partial charge in [-0.3, -0.25) is 4.79 Å². The molecule has 0 saturated carbocycles. The lowest BCUT2D eigenvalue weighted by Gasteiger charge is -2.09. The highest BCUT2D eigenvalue weighted by Crippen LogP contribution is 2.26. The largest absolute Gasteiger partial charge is 0.382 e. The third-order valence-electron chi connectivity index (χ3n) is 2.40. The van der Waals surface area contributed by atoms with E-state index in [-0.39, 0.29) is 17.8 Å². The van der Waals surface area contributed by atoms with E-state index in [9.17, 15) is 4.79 Å². The molecule has 0 aliphatic carbocycles. The Morgan fingerprint density at radius 2 is 2.35 bits per heavy atom. The monoisotopic (exact) mass is 296 g/mol. The van der Waals surface area contributed by atoms with Gasteiger partial charge in [-0.2, -0.15) is 9.36 Å². The molecule has 0 saturated heterocycles. The maximum atomic E-state index is 12.0. The Morgan fingerprint density at radius 1 is 1.55 bits per heavy atom. The zero-order chi connectivity index (χ0) is 14.5. The van der Waals surface area contributed by atoms with Crippen LogP contribution < -0.4 is 16.4 Å². The Balaban J connectivity index is 1.99. The quantitative estimate of drug-likeness (QED) is 0.724. The second-order valence-electron chi connectivity index (χ2n) is 4.41. The van der Waals surface area contributed by atoms with Crippen LogP contribution in [0.25, 0.3) is 0 Å². The fourth-order valence-electron chi connectivity index (χ4n) is 1.57. The molecule has 0 atom stereocenters. The van der Waals surface area contributed by atoms with Gasteiger partial charge < -0.3 is 20.9 Å². The first-order valence-corrected chi connectivity index (χ1v) is 6.90. The van der Waals surface area contributed by atoms with Crippen LogP contribution in [0, 0.1) is 0 Å². The van der Waals surface area contributed by atoms with Crippen molar-refractivity contribution in [2.45, 2.75) is 26.3 Å². The van der Waals surface area contributed by atoms with Gasteiger partial charge in [0.2, 0.25) is 5.89 Å². The molecule has 0 unspecified atom stereocenters. The molecule has 0 aromatic carbocycles. The highest BCUT2D eigenvalue weighted by molar-refractivity contribution is 7.11. The van der Waals surface area contributed by atoms with E-state index < -0.39 is 0 Å². The molecule has 0 aliphatic rings. The molecule has 4 N–H and O–H groups in total. The van der Waals surface area contributed by atoms with Crippen molar-refractivity contribution in [3.05, 3.63) is 17.8 Å². The van der Waals surface area contributed by atoms with E-state index in [0.717, 1.165) is 11.5 Å². The van der Waals surface area contributed by atoms with Gasteiger partial charge in [-0.1, -0.05) is 5.16 Å². The van der Waals surface area contributed by atoms with Crippen molar-refractivity contribution >= 4 is 28.3 Å². The molecule has 108 valence electrons. The van der Waals surface area contributed by atoms with Crippen LogP contribution in [0.15, 0.2) is 10.9 Å². The summed E-state index contributed by atoms with van der Waals surface area (Å²) >= 11 is 1.16. The smallest absolute Gasteiger partial charge is 0.258 e. The highest BCUT2D eigenvalue weighted by atomic mass is 32.1. The van der Waals surface area contributed by atoms with Crippen LogP contribution in [-0.2, 0) is 6.42 Å². The Kier molecular flexibility index (Phi) is 4.51. The maximum Gasteiger partial charge on any atom is 0.258 e. The second-order valence-corrected chi connectivity index (χ2v) is 5.19. The number of nitrogens with one attached hydrogen (secondary N) is 2. The van der Waals surface area contributed by atoms with E-state index in [1.807, 2.05) is 13.8 Å². The van der Waals surface area contributed by atoms with E-state index in [1.54, 1.807) is 0 Å². The molecule has 8 nitrogen and oxygen atoms in total. The minimum Gasteiger partial charge on any atom is -0.382 e. The molecular formula is C11H16N6O2S. The van der Waals surface area contributed by atoms with Crippen molar-refractivity contribution in [1.82, 2.24) is 19.8 Å². The summed E-state index contributed by atoms with van der Waals surface area (Å²) in [6.45, 7) is 4.32. The fraction of sp³-hybridized carbons (Fsp3) is 0.455. The zero-order valence-electron chi connectivity index (χ0n) is 11.2. The van der Waals surface area contributed by atoms with Crippen molar-refractivity contribution in [2.75, 3.05) is 17.6 Å². The summed E-state index contributed by atoms with van der Waals surface area (Å²) in [6, 6.07) is 0.0352. The van der Waals surface area contributed by atoms with Gasteiger partial charge in [-0.25, -0.2) is 0 Å². The Hall–Kier alpha value is -2.16. The topological polar surface area (TPSA) is 119 Å². The van der Waals surface area contributed by atoms with Crippen LogP contribution >= 0.6 is 11.5 Å². The van der Waals surface area contributed by atoms with E-state index >= 15 is 0 Å². The van der Waals surface area contributed by atoms with E-state index in [0.29, 0.717) is 29.4 Å². The lowest BCUT2D eigenvalue weighted by molar-refractivity contribution is 0.0945. The van der Waals surface area contributed by atoms with E-state index in [4.69, 9.17) is 10.3 Å². The van der Waals surface area contributed by atoms with Gasteiger partial charge in [-0.15, -0.1) is 0 Å². The summed E-state index contributed by atoms with van der Waals surface area (Å²) in [7, 11) is 0. The normalized spacial score (nSPS) is 10.8.